The first-order valence-electron chi connectivity index (χ1n) is 6.22. The third-order valence-corrected chi connectivity index (χ3v) is 5.20. The first-order valence-corrected chi connectivity index (χ1v) is 8.04. The lowest BCUT2D eigenvalue weighted by Crippen LogP contribution is -2.54. The number of aliphatic carboxylic acids is 1. The lowest BCUT2D eigenvalue weighted by atomic mass is 9.95. The van der Waals surface area contributed by atoms with Gasteiger partial charge in [-0.05, 0) is 43.5 Å². The smallest absolute Gasteiger partial charge is 0.330 e. The fourth-order valence-corrected chi connectivity index (χ4v) is 4.34. The van der Waals surface area contributed by atoms with Crippen LogP contribution in [0, 0.1) is 12.7 Å². The number of hydrogen-bond donors (Lipinski definition) is 2. The van der Waals surface area contributed by atoms with Gasteiger partial charge < -0.3 is 10.4 Å². The van der Waals surface area contributed by atoms with E-state index in [1.807, 2.05) is 0 Å². The van der Waals surface area contributed by atoms with Crippen molar-refractivity contribution in [3.8, 4) is 0 Å². The predicted octanol–water partition coefficient (Wildman–Crippen LogP) is 1.58. The first kappa shape index (κ1) is 14.8. The Morgan fingerprint density at radius 3 is 2.65 bits per heavy atom. The second-order valence-electron chi connectivity index (χ2n) is 5.23. The van der Waals surface area contributed by atoms with Gasteiger partial charge in [-0.2, -0.15) is 0 Å². The van der Waals surface area contributed by atoms with Crippen LogP contribution in [0.1, 0.15) is 18.4 Å². The number of hydrogen-bond acceptors (Lipinski definition) is 4. The van der Waals surface area contributed by atoms with Gasteiger partial charge in [-0.3, -0.25) is 0 Å². The van der Waals surface area contributed by atoms with Crippen LogP contribution in [0.2, 0.25) is 0 Å². The maximum Gasteiger partial charge on any atom is 0.330 e. The molecule has 0 radical (unpaired) electrons. The predicted molar refractivity (Wildman–Crippen MR) is 73.0 cm³/mol. The molecule has 1 aromatic carbocycles. The number of carbonyl (C=O) groups is 1. The van der Waals surface area contributed by atoms with E-state index < -0.39 is 32.9 Å². The standard InChI is InChI=1S/C13H16FNO4S/c1-9-5-10(14)7-11(6-9)15-13(12(16)17)3-2-4-20(18,19)8-13/h5-7,15H,2-4,8H2,1H3,(H,16,17). The molecule has 0 aromatic heterocycles. The minimum Gasteiger partial charge on any atom is -0.479 e. The van der Waals surface area contributed by atoms with Gasteiger partial charge in [0.15, 0.2) is 9.84 Å². The monoisotopic (exact) mass is 301 g/mol. The zero-order valence-corrected chi connectivity index (χ0v) is 11.8. The summed E-state index contributed by atoms with van der Waals surface area (Å²) < 4.78 is 36.8. The van der Waals surface area contributed by atoms with E-state index in [-0.39, 0.29) is 24.3 Å². The molecule has 20 heavy (non-hydrogen) atoms. The summed E-state index contributed by atoms with van der Waals surface area (Å²) >= 11 is 0. The number of aryl methyl sites for hydroxylation is 1. The van der Waals surface area contributed by atoms with Crippen LogP contribution in [0.5, 0.6) is 0 Å². The van der Waals surface area contributed by atoms with Crippen molar-refractivity contribution in [2.24, 2.45) is 0 Å². The van der Waals surface area contributed by atoms with Crippen LogP contribution in [0.4, 0.5) is 10.1 Å². The largest absolute Gasteiger partial charge is 0.479 e. The van der Waals surface area contributed by atoms with Crippen molar-refractivity contribution in [3.63, 3.8) is 0 Å². The van der Waals surface area contributed by atoms with Gasteiger partial charge in [0.2, 0.25) is 0 Å². The number of nitrogens with one attached hydrogen (secondary N) is 1. The fraction of sp³-hybridized carbons (Fsp3) is 0.462. The summed E-state index contributed by atoms with van der Waals surface area (Å²) in [5.41, 5.74) is -0.675. The third kappa shape index (κ3) is 3.09. The summed E-state index contributed by atoms with van der Waals surface area (Å²) in [6.45, 7) is 1.68. The van der Waals surface area contributed by atoms with E-state index in [2.05, 4.69) is 5.32 Å². The van der Waals surface area contributed by atoms with Crippen LogP contribution in [0.3, 0.4) is 0 Å². The molecule has 1 fully saturated rings. The highest BCUT2D eigenvalue weighted by molar-refractivity contribution is 7.91. The summed E-state index contributed by atoms with van der Waals surface area (Å²) in [5.74, 6) is -2.22. The molecule has 2 rings (SSSR count). The first-order chi connectivity index (χ1) is 9.22. The van der Waals surface area contributed by atoms with Gasteiger partial charge in [-0.1, -0.05) is 0 Å². The zero-order chi connectivity index (χ0) is 15.0. The van der Waals surface area contributed by atoms with Crippen LogP contribution in [0.15, 0.2) is 18.2 Å². The highest BCUT2D eigenvalue weighted by atomic mass is 32.2. The number of halogens is 1. The Bertz CT molecular complexity index is 624. The highest BCUT2D eigenvalue weighted by Gasteiger charge is 2.45. The number of anilines is 1. The van der Waals surface area contributed by atoms with Crippen LogP contribution in [-0.2, 0) is 14.6 Å². The molecule has 1 saturated heterocycles. The second kappa shape index (κ2) is 5.05. The average molecular weight is 301 g/mol. The van der Waals surface area contributed by atoms with Gasteiger partial charge in [0.1, 0.15) is 11.4 Å². The van der Waals surface area contributed by atoms with Crippen molar-refractivity contribution in [3.05, 3.63) is 29.6 Å². The minimum absolute atomic E-state index is 0.00805. The van der Waals surface area contributed by atoms with E-state index in [1.165, 1.54) is 12.1 Å². The summed E-state index contributed by atoms with van der Waals surface area (Å²) in [5, 5.41) is 12.1. The van der Waals surface area contributed by atoms with Gasteiger partial charge in [-0.15, -0.1) is 0 Å². The van der Waals surface area contributed by atoms with Crippen molar-refractivity contribution in [1.82, 2.24) is 0 Å². The lowest BCUT2D eigenvalue weighted by Gasteiger charge is -2.34. The van der Waals surface area contributed by atoms with Gasteiger partial charge in [0.25, 0.3) is 0 Å². The number of sulfone groups is 1. The summed E-state index contributed by atoms with van der Waals surface area (Å²) in [6, 6.07) is 4.07. The molecule has 1 unspecified atom stereocenters. The third-order valence-electron chi connectivity index (χ3n) is 3.36. The van der Waals surface area contributed by atoms with Crippen LogP contribution in [-0.4, -0.2) is 36.5 Å². The van der Waals surface area contributed by atoms with E-state index in [0.717, 1.165) is 0 Å². The molecule has 5 nitrogen and oxygen atoms in total. The molecule has 1 heterocycles. The highest BCUT2D eigenvalue weighted by Crippen LogP contribution is 2.28. The Labute approximate surface area is 116 Å². The SMILES string of the molecule is Cc1cc(F)cc(NC2(C(=O)O)CCCS(=O)(=O)C2)c1. The molecule has 7 heteroatoms. The van der Waals surface area contributed by atoms with Gasteiger partial charge >= 0.3 is 5.97 Å². The summed E-state index contributed by atoms with van der Waals surface area (Å²) in [6.07, 6.45) is 0.465. The minimum atomic E-state index is -3.41. The molecule has 1 aliphatic rings. The zero-order valence-electron chi connectivity index (χ0n) is 11.0. The molecule has 110 valence electrons. The topological polar surface area (TPSA) is 83.5 Å². The van der Waals surface area contributed by atoms with E-state index in [4.69, 9.17) is 0 Å². The quantitative estimate of drug-likeness (QED) is 0.885. The molecule has 1 aromatic rings. The van der Waals surface area contributed by atoms with Gasteiger partial charge in [0.05, 0.1) is 11.5 Å². The number of benzene rings is 1. The van der Waals surface area contributed by atoms with Crippen LogP contribution < -0.4 is 5.32 Å². The molecule has 0 bridgehead atoms. The fourth-order valence-electron chi connectivity index (χ4n) is 2.52. The molecule has 0 saturated carbocycles. The Kier molecular flexibility index (Phi) is 3.73. The van der Waals surface area contributed by atoms with Crippen molar-refractivity contribution < 1.29 is 22.7 Å². The Morgan fingerprint density at radius 1 is 1.40 bits per heavy atom. The summed E-state index contributed by atoms with van der Waals surface area (Å²) in [4.78, 5) is 11.5. The maximum absolute atomic E-state index is 13.4. The second-order valence-corrected chi connectivity index (χ2v) is 7.41. The molecule has 0 spiro atoms. The van der Waals surface area contributed by atoms with Crippen molar-refractivity contribution >= 4 is 21.5 Å². The van der Waals surface area contributed by atoms with Crippen LogP contribution >= 0.6 is 0 Å². The normalized spacial score (nSPS) is 25.1. The molecule has 0 amide bonds. The molecular formula is C13H16FNO4S. The molecule has 1 aliphatic heterocycles. The van der Waals surface area contributed by atoms with E-state index in [1.54, 1.807) is 13.0 Å². The molecule has 1 atom stereocenters. The van der Waals surface area contributed by atoms with Gasteiger partial charge in [0, 0.05) is 5.69 Å². The molecule has 0 aliphatic carbocycles. The van der Waals surface area contributed by atoms with Gasteiger partial charge in [-0.25, -0.2) is 17.6 Å². The van der Waals surface area contributed by atoms with Crippen molar-refractivity contribution in [2.45, 2.75) is 25.3 Å². The van der Waals surface area contributed by atoms with Crippen molar-refractivity contribution in [1.29, 1.82) is 0 Å². The average Bonchev–Trinajstić information content (AvgIpc) is 2.25. The Hall–Kier alpha value is -1.63. The van der Waals surface area contributed by atoms with E-state index >= 15 is 0 Å². The lowest BCUT2D eigenvalue weighted by molar-refractivity contribution is -0.141. The molecular weight excluding hydrogens is 285 g/mol. The number of carboxylic acid groups (broad SMARTS) is 1. The molecule has 2 N–H and O–H groups in total. The van der Waals surface area contributed by atoms with Crippen LogP contribution in [0.25, 0.3) is 0 Å². The Balaban J connectivity index is 2.37. The summed E-state index contributed by atoms with van der Waals surface area (Å²) in [7, 11) is -3.41. The number of carboxylic acids is 1. The van der Waals surface area contributed by atoms with Crippen molar-refractivity contribution in [2.75, 3.05) is 16.8 Å². The number of rotatable bonds is 3. The Morgan fingerprint density at radius 2 is 2.10 bits per heavy atom. The van der Waals surface area contributed by atoms with E-state index in [9.17, 15) is 22.7 Å². The van der Waals surface area contributed by atoms with E-state index in [0.29, 0.717) is 5.56 Å². The maximum atomic E-state index is 13.4.